The zero-order valence-corrected chi connectivity index (χ0v) is 9.34. The van der Waals surface area contributed by atoms with E-state index in [1.54, 1.807) is 7.11 Å². The third kappa shape index (κ3) is 5.28. The van der Waals surface area contributed by atoms with Crippen LogP contribution in [0, 0.1) is 0 Å². The Balaban J connectivity index is 2.04. The van der Waals surface area contributed by atoms with Gasteiger partial charge in [-0.3, -0.25) is 0 Å². The van der Waals surface area contributed by atoms with Crippen LogP contribution in [0.25, 0.3) is 0 Å². The molecule has 0 aliphatic heterocycles. The number of nitrogens with zero attached hydrogens (tertiary/aromatic N) is 2. The van der Waals surface area contributed by atoms with Crippen LogP contribution in [0.5, 0.6) is 0 Å². The molecule has 0 saturated heterocycles. The Morgan fingerprint density at radius 1 is 1.60 bits per heavy atom. The van der Waals surface area contributed by atoms with Crippen LogP contribution in [0.1, 0.15) is 12.2 Å². The van der Waals surface area contributed by atoms with Crippen molar-refractivity contribution in [2.75, 3.05) is 20.3 Å². The summed E-state index contributed by atoms with van der Waals surface area (Å²) >= 11 is 5.03. The Hall–Kier alpha value is -1.21. The van der Waals surface area contributed by atoms with E-state index in [2.05, 4.69) is 25.3 Å². The van der Waals surface area contributed by atoms with Crippen LogP contribution < -0.4 is 10.6 Å². The first-order valence-electron chi connectivity index (χ1n) is 4.59. The molecule has 6 nitrogen and oxygen atoms in total. The molecule has 0 aromatic carbocycles. The van der Waals surface area contributed by atoms with Crippen LogP contribution in [0.15, 0.2) is 10.9 Å². The number of nitrogens with one attached hydrogen (secondary N) is 2. The summed E-state index contributed by atoms with van der Waals surface area (Å²) in [5.74, 6) is 0.580. The summed E-state index contributed by atoms with van der Waals surface area (Å²) in [5.41, 5.74) is 0. The Morgan fingerprint density at radius 2 is 2.47 bits per heavy atom. The zero-order valence-electron chi connectivity index (χ0n) is 8.52. The minimum atomic E-state index is 0.465. The maximum absolute atomic E-state index is 5.03. The van der Waals surface area contributed by atoms with Crippen LogP contribution in [-0.4, -0.2) is 35.5 Å². The lowest BCUT2D eigenvalue weighted by molar-refractivity contribution is 0.195. The van der Waals surface area contributed by atoms with E-state index in [-0.39, 0.29) is 0 Å². The highest BCUT2D eigenvalue weighted by Gasteiger charge is 1.99. The summed E-state index contributed by atoms with van der Waals surface area (Å²) in [5, 5.41) is 10.2. The summed E-state index contributed by atoms with van der Waals surface area (Å²) in [4.78, 5) is 3.85. The van der Waals surface area contributed by atoms with Gasteiger partial charge >= 0.3 is 0 Å². The predicted molar refractivity (Wildman–Crippen MR) is 58.2 cm³/mol. The van der Waals surface area contributed by atoms with E-state index in [0.29, 0.717) is 17.5 Å². The summed E-state index contributed by atoms with van der Waals surface area (Å²) < 4.78 is 9.48. The molecule has 7 heteroatoms. The van der Waals surface area contributed by atoms with Gasteiger partial charge in [-0.15, -0.1) is 0 Å². The smallest absolute Gasteiger partial charge is 0.213 e. The third-order valence-electron chi connectivity index (χ3n) is 1.62. The molecule has 1 rings (SSSR count). The van der Waals surface area contributed by atoms with Crippen LogP contribution in [0.2, 0.25) is 0 Å². The van der Waals surface area contributed by atoms with Crippen LogP contribution in [0.3, 0.4) is 0 Å². The molecule has 0 atom stereocenters. The average molecular weight is 230 g/mol. The van der Waals surface area contributed by atoms with Crippen molar-refractivity contribution < 1.29 is 9.26 Å². The lowest BCUT2D eigenvalue weighted by Crippen LogP contribution is -2.35. The lowest BCUT2D eigenvalue weighted by atomic mass is 10.4. The van der Waals surface area contributed by atoms with Gasteiger partial charge in [0.25, 0.3) is 0 Å². The highest BCUT2D eigenvalue weighted by atomic mass is 32.1. The second kappa shape index (κ2) is 7.13. The third-order valence-corrected chi connectivity index (χ3v) is 1.91. The largest absolute Gasteiger partial charge is 0.385 e. The second-order valence-corrected chi connectivity index (χ2v) is 3.21. The fourth-order valence-electron chi connectivity index (χ4n) is 0.911. The quantitative estimate of drug-likeness (QED) is 0.529. The maximum Gasteiger partial charge on any atom is 0.213 e. The molecule has 0 radical (unpaired) electrons. The van der Waals surface area contributed by atoms with Gasteiger partial charge in [0, 0.05) is 20.3 Å². The predicted octanol–water partition coefficient (Wildman–Crippen LogP) is 0.0702. The molecule has 15 heavy (non-hydrogen) atoms. The fourth-order valence-corrected chi connectivity index (χ4v) is 1.08. The lowest BCUT2D eigenvalue weighted by Gasteiger charge is -2.08. The molecule has 0 bridgehead atoms. The van der Waals surface area contributed by atoms with Gasteiger partial charge < -0.3 is 19.9 Å². The molecule has 1 aromatic heterocycles. The molecule has 0 fully saturated rings. The van der Waals surface area contributed by atoms with E-state index in [4.69, 9.17) is 17.0 Å². The van der Waals surface area contributed by atoms with Crippen molar-refractivity contribution in [1.29, 1.82) is 0 Å². The molecular weight excluding hydrogens is 216 g/mol. The van der Waals surface area contributed by atoms with Gasteiger partial charge in [0.05, 0.1) is 6.54 Å². The number of rotatable bonds is 6. The molecule has 0 amide bonds. The maximum atomic E-state index is 5.03. The number of ether oxygens (including phenoxy) is 1. The van der Waals surface area contributed by atoms with E-state index in [1.807, 2.05) is 0 Å². The first-order chi connectivity index (χ1) is 7.33. The number of methoxy groups -OCH3 is 1. The minimum Gasteiger partial charge on any atom is -0.385 e. The molecule has 1 heterocycles. The van der Waals surface area contributed by atoms with Crippen molar-refractivity contribution in [3.63, 3.8) is 0 Å². The van der Waals surface area contributed by atoms with Crippen molar-refractivity contribution in [3.05, 3.63) is 12.2 Å². The van der Waals surface area contributed by atoms with Crippen molar-refractivity contribution in [1.82, 2.24) is 20.8 Å². The summed E-state index contributed by atoms with van der Waals surface area (Å²) in [6, 6.07) is 0. The fraction of sp³-hybridized carbons (Fsp3) is 0.625. The van der Waals surface area contributed by atoms with Crippen molar-refractivity contribution in [2.24, 2.45) is 0 Å². The Labute approximate surface area is 93.4 Å². The Bertz CT molecular complexity index is 278. The van der Waals surface area contributed by atoms with E-state index in [0.717, 1.165) is 19.6 Å². The zero-order chi connectivity index (χ0) is 10.9. The molecule has 2 N–H and O–H groups in total. The number of aromatic nitrogens is 2. The number of hydrogen-bond acceptors (Lipinski definition) is 5. The van der Waals surface area contributed by atoms with Gasteiger partial charge in [-0.2, -0.15) is 4.98 Å². The second-order valence-electron chi connectivity index (χ2n) is 2.80. The van der Waals surface area contributed by atoms with Gasteiger partial charge in [0.2, 0.25) is 6.39 Å². The molecule has 0 aliphatic carbocycles. The minimum absolute atomic E-state index is 0.465. The van der Waals surface area contributed by atoms with Gasteiger partial charge in [-0.05, 0) is 18.6 Å². The van der Waals surface area contributed by atoms with Gasteiger partial charge in [0.15, 0.2) is 10.9 Å². The molecule has 0 saturated carbocycles. The van der Waals surface area contributed by atoms with E-state index in [9.17, 15) is 0 Å². The molecule has 84 valence electrons. The first kappa shape index (κ1) is 11.9. The van der Waals surface area contributed by atoms with Crippen molar-refractivity contribution >= 4 is 17.3 Å². The highest BCUT2D eigenvalue weighted by molar-refractivity contribution is 7.80. The standard InChI is InChI=1S/C8H14N4O2S/c1-13-4-2-3-9-8(15)10-5-7-11-6-14-12-7/h6H,2-5H2,1H3,(H2,9,10,15). The van der Waals surface area contributed by atoms with Crippen LogP contribution in [0.4, 0.5) is 0 Å². The molecule has 1 aromatic rings. The van der Waals surface area contributed by atoms with E-state index >= 15 is 0 Å². The Kier molecular flexibility index (Phi) is 5.64. The molecule has 0 unspecified atom stereocenters. The summed E-state index contributed by atoms with van der Waals surface area (Å²) in [7, 11) is 1.67. The van der Waals surface area contributed by atoms with Gasteiger partial charge in [-0.1, -0.05) is 5.16 Å². The van der Waals surface area contributed by atoms with Crippen molar-refractivity contribution in [3.8, 4) is 0 Å². The van der Waals surface area contributed by atoms with Crippen LogP contribution in [-0.2, 0) is 11.3 Å². The topological polar surface area (TPSA) is 72.2 Å². The summed E-state index contributed by atoms with van der Waals surface area (Å²) in [6.07, 6.45) is 2.20. The van der Waals surface area contributed by atoms with Crippen molar-refractivity contribution in [2.45, 2.75) is 13.0 Å². The molecule has 0 aliphatic rings. The average Bonchev–Trinajstić information content (AvgIpc) is 2.74. The van der Waals surface area contributed by atoms with Crippen LogP contribution >= 0.6 is 12.2 Å². The summed E-state index contributed by atoms with van der Waals surface area (Å²) in [6.45, 7) is 1.97. The number of thiocarbonyl (C=S) groups is 1. The highest BCUT2D eigenvalue weighted by Crippen LogP contribution is 1.86. The van der Waals surface area contributed by atoms with Gasteiger partial charge in [-0.25, -0.2) is 0 Å². The normalized spacial score (nSPS) is 9.93. The number of hydrogen-bond donors (Lipinski definition) is 2. The van der Waals surface area contributed by atoms with E-state index in [1.165, 1.54) is 6.39 Å². The van der Waals surface area contributed by atoms with E-state index < -0.39 is 0 Å². The molecular formula is C8H14N4O2S. The van der Waals surface area contributed by atoms with Gasteiger partial charge in [0.1, 0.15) is 0 Å². The Morgan fingerprint density at radius 3 is 3.13 bits per heavy atom. The monoisotopic (exact) mass is 230 g/mol. The SMILES string of the molecule is COCCCNC(=S)NCc1ncon1. The molecule has 0 spiro atoms. The first-order valence-corrected chi connectivity index (χ1v) is 4.99.